The van der Waals surface area contributed by atoms with Crippen molar-refractivity contribution in [1.29, 1.82) is 0 Å². The molecule has 1 aliphatic rings. The number of carbonyl (C=O) groups is 1. The highest BCUT2D eigenvalue weighted by Gasteiger charge is 2.27. The maximum Gasteiger partial charge on any atom is 0.323 e. The van der Waals surface area contributed by atoms with Gasteiger partial charge in [-0.3, -0.25) is 9.52 Å². The summed E-state index contributed by atoms with van der Waals surface area (Å²) in [5.41, 5.74) is 2.41. The summed E-state index contributed by atoms with van der Waals surface area (Å²) in [6.07, 6.45) is 0.833. The summed E-state index contributed by atoms with van der Waals surface area (Å²) in [4.78, 5) is 10.7. The lowest BCUT2D eigenvalue weighted by Crippen LogP contribution is -2.32. The van der Waals surface area contributed by atoms with Gasteiger partial charge in [0.2, 0.25) is 10.0 Å². The van der Waals surface area contributed by atoms with E-state index in [-0.39, 0.29) is 0 Å². The van der Waals surface area contributed by atoms with Gasteiger partial charge in [-0.25, -0.2) is 8.42 Å². The van der Waals surface area contributed by atoms with E-state index < -0.39 is 21.2 Å². The second-order valence-corrected chi connectivity index (χ2v) is 6.18. The van der Waals surface area contributed by atoms with Gasteiger partial charge in [0.25, 0.3) is 0 Å². The van der Waals surface area contributed by atoms with Gasteiger partial charge in [0, 0.05) is 17.9 Å². The molecule has 7 heteroatoms. The Kier molecular flexibility index (Phi) is 3.16. The molecule has 0 spiro atoms. The standard InChI is InChI=1S/C11H14N2O4S/c1-7(11(14)15)18(16,17)13-9-2-3-10-8(6-9)4-5-12-10/h2-3,6-7,12-13H,4-5H2,1H3,(H,14,15). The molecular weight excluding hydrogens is 256 g/mol. The molecule has 0 amide bonds. The number of nitrogens with one attached hydrogen (secondary N) is 2. The fourth-order valence-corrected chi connectivity index (χ4v) is 2.65. The van der Waals surface area contributed by atoms with Gasteiger partial charge >= 0.3 is 5.97 Å². The number of hydrogen-bond donors (Lipinski definition) is 3. The molecule has 0 aliphatic carbocycles. The van der Waals surface area contributed by atoms with Crippen molar-refractivity contribution in [2.45, 2.75) is 18.6 Å². The molecule has 1 heterocycles. The summed E-state index contributed by atoms with van der Waals surface area (Å²) in [7, 11) is -3.90. The van der Waals surface area contributed by atoms with Crippen LogP contribution in [0.1, 0.15) is 12.5 Å². The monoisotopic (exact) mass is 270 g/mol. The van der Waals surface area contributed by atoms with Gasteiger partial charge in [0.1, 0.15) is 0 Å². The van der Waals surface area contributed by atoms with Crippen LogP contribution in [0.3, 0.4) is 0 Å². The lowest BCUT2D eigenvalue weighted by atomic mass is 10.1. The zero-order chi connectivity index (χ0) is 13.3. The predicted molar refractivity (Wildman–Crippen MR) is 68.3 cm³/mol. The highest BCUT2D eigenvalue weighted by Crippen LogP contribution is 2.26. The van der Waals surface area contributed by atoms with E-state index in [1.165, 1.54) is 0 Å². The van der Waals surface area contributed by atoms with Crippen molar-refractivity contribution in [3.05, 3.63) is 23.8 Å². The van der Waals surface area contributed by atoms with Crippen LogP contribution < -0.4 is 10.0 Å². The minimum absolute atomic E-state index is 0.394. The van der Waals surface area contributed by atoms with E-state index in [0.29, 0.717) is 5.69 Å². The zero-order valence-electron chi connectivity index (χ0n) is 9.80. The fraction of sp³-hybridized carbons (Fsp3) is 0.364. The second kappa shape index (κ2) is 4.49. The summed E-state index contributed by atoms with van der Waals surface area (Å²) in [5, 5.41) is 10.4. The molecule has 0 bridgehead atoms. The molecule has 0 saturated carbocycles. The number of anilines is 2. The van der Waals surface area contributed by atoms with Crippen LogP contribution in [0, 0.1) is 0 Å². The maximum absolute atomic E-state index is 11.7. The van der Waals surface area contributed by atoms with E-state index in [1.54, 1.807) is 18.2 Å². The smallest absolute Gasteiger partial charge is 0.323 e. The molecule has 18 heavy (non-hydrogen) atoms. The molecule has 6 nitrogen and oxygen atoms in total. The van der Waals surface area contributed by atoms with Gasteiger partial charge < -0.3 is 10.4 Å². The number of benzene rings is 1. The van der Waals surface area contributed by atoms with E-state index in [1.807, 2.05) is 0 Å². The first kappa shape index (κ1) is 12.7. The molecule has 0 saturated heterocycles. The van der Waals surface area contributed by atoms with Crippen LogP contribution in [-0.4, -0.2) is 31.3 Å². The Morgan fingerprint density at radius 2 is 2.22 bits per heavy atom. The molecule has 1 aromatic rings. The number of rotatable bonds is 4. The van der Waals surface area contributed by atoms with E-state index in [2.05, 4.69) is 10.0 Å². The normalized spacial score (nSPS) is 15.6. The van der Waals surface area contributed by atoms with E-state index in [4.69, 9.17) is 5.11 Å². The topological polar surface area (TPSA) is 95.5 Å². The molecule has 1 aliphatic heterocycles. The summed E-state index contributed by atoms with van der Waals surface area (Å²) in [5.74, 6) is -1.37. The van der Waals surface area contributed by atoms with E-state index in [9.17, 15) is 13.2 Å². The summed E-state index contributed by atoms with van der Waals surface area (Å²) in [6.45, 7) is 1.97. The fourth-order valence-electron chi connectivity index (χ4n) is 1.75. The minimum Gasteiger partial charge on any atom is -0.480 e. The van der Waals surface area contributed by atoms with Crippen molar-refractivity contribution in [3.8, 4) is 0 Å². The van der Waals surface area contributed by atoms with Crippen LogP contribution in [-0.2, 0) is 21.2 Å². The molecule has 0 radical (unpaired) electrons. The lowest BCUT2D eigenvalue weighted by Gasteiger charge is -2.12. The van der Waals surface area contributed by atoms with Gasteiger partial charge in [0.15, 0.2) is 5.25 Å². The Morgan fingerprint density at radius 3 is 2.89 bits per heavy atom. The Morgan fingerprint density at radius 1 is 1.50 bits per heavy atom. The van der Waals surface area contributed by atoms with Gasteiger partial charge in [-0.05, 0) is 37.1 Å². The number of fused-ring (bicyclic) bond motifs is 1. The number of aliphatic carboxylic acids is 1. The Bertz CT molecular complexity index is 583. The van der Waals surface area contributed by atoms with Crippen molar-refractivity contribution in [2.24, 2.45) is 0 Å². The average Bonchev–Trinajstić information content (AvgIpc) is 2.74. The quantitative estimate of drug-likeness (QED) is 0.754. The van der Waals surface area contributed by atoms with Crippen molar-refractivity contribution in [3.63, 3.8) is 0 Å². The molecule has 0 aromatic heterocycles. The lowest BCUT2D eigenvalue weighted by molar-refractivity contribution is -0.136. The number of carboxylic acid groups (broad SMARTS) is 1. The molecule has 1 atom stereocenters. The minimum atomic E-state index is -3.90. The molecule has 1 aromatic carbocycles. The third kappa shape index (κ3) is 2.40. The third-order valence-corrected chi connectivity index (χ3v) is 4.54. The largest absolute Gasteiger partial charge is 0.480 e. The first-order valence-corrected chi connectivity index (χ1v) is 7.06. The Hall–Kier alpha value is -1.76. The number of carboxylic acids is 1. The van der Waals surface area contributed by atoms with Crippen LogP contribution in [0.25, 0.3) is 0 Å². The third-order valence-electron chi connectivity index (χ3n) is 2.89. The summed E-state index contributed by atoms with van der Waals surface area (Å²) in [6, 6.07) is 5.12. The summed E-state index contributed by atoms with van der Waals surface area (Å²) >= 11 is 0. The van der Waals surface area contributed by atoms with Crippen LogP contribution in [0.2, 0.25) is 0 Å². The molecule has 2 rings (SSSR count). The van der Waals surface area contributed by atoms with Crippen molar-refractivity contribution < 1.29 is 18.3 Å². The van der Waals surface area contributed by atoms with Crippen molar-refractivity contribution in [2.75, 3.05) is 16.6 Å². The van der Waals surface area contributed by atoms with Crippen molar-refractivity contribution in [1.82, 2.24) is 0 Å². The highest BCUT2D eigenvalue weighted by atomic mass is 32.2. The zero-order valence-corrected chi connectivity index (χ0v) is 10.6. The van der Waals surface area contributed by atoms with Gasteiger partial charge in [0.05, 0.1) is 0 Å². The van der Waals surface area contributed by atoms with Crippen molar-refractivity contribution >= 4 is 27.4 Å². The molecule has 98 valence electrons. The van der Waals surface area contributed by atoms with Crippen LogP contribution in [0.5, 0.6) is 0 Å². The van der Waals surface area contributed by atoms with Gasteiger partial charge in [-0.1, -0.05) is 0 Å². The van der Waals surface area contributed by atoms with Gasteiger partial charge in [-0.2, -0.15) is 0 Å². The van der Waals surface area contributed by atoms with Crippen LogP contribution >= 0.6 is 0 Å². The van der Waals surface area contributed by atoms with E-state index in [0.717, 1.165) is 31.1 Å². The predicted octanol–water partition coefficient (Wildman–Crippen LogP) is 0.869. The first-order valence-electron chi connectivity index (χ1n) is 5.51. The first-order chi connectivity index (χ1) is 8.40. The SMILES string of the molecule is CC(C(=O)O)S(=O)(=O)Nc1ccc2c(c1)CCN2. The van der Waals surface area contributed by atoms with Gasteiger partial charge in [-0.15, -0.1) is 0 Å². The average molecular weight is 270 g/mol. The number of hydrogen-bond acceptors (Lipinski definition) is 4. The van der Waals surface area contributed by atoms with Crippen LogP contribution in [0.15, 0.2) is 18.2 Å². The van der Waals surface area contributed by atoms with Crippen LogP contribution in [0.4, 0.5) is 11.4 Å². The molecular formula is C11H14N2O4S. The highest BCUT2D eigenvalue weighted by molar-refractivity contribution is 7.94. The van der Waals surface area contributed by atoms with E-state index >= 15 is 0 Å². The summed E-state index contributed by atoms with van der Waals surface area (Å²) < 4.78 is 25.8. The Labute approximate surface area is 105 Å². The molecule has 0 fully saturated rings. The number of sulfonamides is 1. The molecule has 3 N–H and O–H groups in total. The maximum atomic E-state index is 11.7. The second-order valence-electron chi connectivity index (χ2n) is 4.18. The Balaban J connectivity index is 2.22. The molecule has 1 unspecified atom stereocenters.